The molecule has 3 amide bonds. The smallest absolute Gasteiger partial charge is 0.411 e. The summed E-state index contributed by atoms with van der Waals surface area (Å²) in [6, 6.07) is 11.9. The fourth-order valence-electron chi connectivity index (χ4n) is 3.79. The van der Waals surface area contributed by atoms with Crippen LogP contribution in [0.5, 0.6) is 0 Å². The Bertz CT molecular complexity index is 992. The Balaban J connectivity index is 1.82. The SMILES string of the molecule is CCCC(=O)Nc1ccc([C@H]2OC(=O)N(Cc3ccc(F)cc3)[C@H]2C(=O)NCCC(C)C)cc1. The molecule has 3 rings (SSSR count). The maximum absolute atomic E-state index is 13.3. The lowest BCUT2D eigenvalue weighted by Crippen LogP contribution is -2.46. The van der Waals surface area contributed by atoms with E-state index in [0.29, 0.717) is 35.7 Å². The molecular weight excluding hydrogens is 437 g/mol. The zero-order chi connectivity index (χ0) is 24.7. The first-order valence-corrected chi connectivity index (χ1v) is 11.7. The zero-order valence-corrected chi connectivity index (χ0v) is 19.8. The van der Waals surface area contributed by atoms with Crippen molar-refractivity contribution < 1.29 is 23.5 Å². The van der Waals surface area contributed by atoms with Crippen molar-refractivity contribution in [2.45, 2.75) is 58.7 Å². The van der Waals surface area contributed by atoms with Gasteiger partial charge in [0.1, 0.15) is 5.82 Å². The first-order chi connectivity index (χ1) is 16.3. The van der Waals surface area contributed by atoms with Crippen LogP contribution in [-0.4, -0.2) is 35.4 Å². The number of benzene rings is 2. The highest BCUT2D eigenvalue weighted by Crippen LogP contribution is 2.34. The average molecular weight is 470 g/mol. The summed E-state index contributed by atoms with van der Waals surface area (Å²) in [5.41, 5.74) is 1.97. The number of amides is 3. The molecule has 0 unspecified atom stereocenters. The average Bonchev–Trinajstić information content (AvgIpc) is 3.11. The van der Waals surface area contributed by atoms with Gasteiger partial charge in [-0.1, -0.05) is 45.0 Å². The van der Waals surface area contributed by atoms with E-state index in [1.807, 2.05) is 6.92 Å². The number of carbonyl (C=O) groups is 3. The molecule has 0 aliphatic carbocycles. The van der Waals surface area contributed by atoms with Crippen LogP contribution in [0.3, 0.4) is 0 Å². The molecule has 7 nitrogen and oxygen atoms in total. The lowest BCUT2D eigenvalue weighted by molar-refractivity contribution is -0.126. The number of cyclic esters (lactones) is 1. The van der Waals surface area contributed by atoms with E-state index in [1.165, 1.54) is 17.0 Å². The van der Waals surface area contributed by atoms with Crippen LogP contribution in [0.25, 0.3) is 0 Å². The third-order valence-corrected chi connectivity index (χ3v) is 5.64. The van der Waals surface area contributed by atoms with E-state index in [-0.39, 0.29) is 24.2 Å². The molecule has 1 aliphatic heterocycles. The Morgan fingerprint density at radius 1 is 1.09 bits per heavy atom. The van der Waals surface area contributed by atoms with E-state index in [9.17, 15) is 18.8 Å². The van der Waals surface area contributed by atoms with Crippen molar-refractivity contribution in [1.82, 2.24) is 10.2 Å². The first-order valence-electron chi connectivity index (χ1n) is 11.7. The van der Waals surface area contributed by atoms with Crippen LogP contribution >= 0.6 is 0 Å². The highest BCUT2D eigenvalue weighted by Gasteiger charge is 2.46. The van der Waals surface area contributed by atoms with Gasteiger partial charge >= 0.3 is 6.09 Å². The number of anilines is 1. The Labute approximate surface area is 199 Å². The van der Waals surface area contributed by atoms with Crippen molar-refractivity contribution in [1.29, 1.82) is 0 Å². The molecule has 0 radical (unpaired) electrons. The van der Waals surface area contributed by atoms with Gasteiger partial charge < -0.3 is 15.4 Å². The standard InChI is InChI=1S/C26H32FN3O4/c1-4-5-22(31)29-21-12-8-19(9-13-21)24-23(25(32)28-15-14-17(2)3)30(26(33)34-24)16-18-6-10-20(27)11-7-18/h6-13,17,23-24H,4-5,14-16H2,1-3H3,(H,28,32)(H,29,31)/t23-,24-/m1/s1. The Kier molecular flexibility index (Phi) is 8.62. The third-order valence-electron chi connectivity index (χ3n) is 5.64. The molecule has 0 aromatic heterocycles. The maximum atomic E-state index is 13.3. The van der Waals surface area contributed by atoms with Crippen LogP contribution in [0, 0.1) is 11.7 Å². The molecule has 2 aromatic rings. The topological polar surface area (TPSA) is 87.7 Å². The number of nitrogens with zero attached hydrogens (tertiary/aromatic N) is 1. The normalized spacial score (nSPS) is 17.6. The summed E-state index contributed by atoms with van der Waals surface area (Å²) >= 11 is 0. The van der Waals surface area contributed by atoms with Crippen molar-refractivity contribution >= 4 is 23.6 Å². The van der Waals surface area contributed by atoms with Crippen molar-refractivity contribution in [3.63, 3.8) is 0 Å². The second kappa shape index (κ2) is 11.6. The van der Waals surface area contributed by atoms with E-state index in [2.05, 4.69) is 24.5 Å². The number of hydrogen-bond acceptors (Lipinski definition) is 4. The number of rotatable bonds is 10. The minimum absolute atomic E-state index is 0.0737. The first kappa shape index (κ1) is 25.2. The Morgan fingerprint density at radius 3 is 2.38 bits per heavy atom. The van der Waals surface area contributed by atoms with E-state index in [1.54, 1.807) is 36.4 Å². The fourth-order valence-corrected chi connectivity index (χ4v) is 3.79. The molecule has 1 saturated heterocycles. The van der Waals surface area contributed by atoms with Gasteiger partial charge in [0.15, 0.2) is 12.1 Å². The quantitative estimate of drug-likeness (QED) is 0.524. The van der Waals surface area contributed by atoms with Crippen LogP contribution in [0.15, 0.2) is 48.5 Å². The monoisotopic (exact) mass is 469 g/mol. The summed E-state index contributed by atoms with van der Waals surface area (Å²) in [6.07, 6.45) is 0.562. The van der Waals surface area contributed by atoms with Gasteiger partial charge in [-0.3, -0.25) is 14.5 Å². The molecular formula is C26H32FN3O4. The minimum atomic E-state index is -0.884. The molecule has 1 aliphatic rings. The summed E-state index contributed by atoms with van der Waals surface area (Å²) in [5.74, 6) is -0.336. The minimum Gasteiger partial charge on any atom is -0.438 e. The molecule has 2 aromatic carbocycles. The van der Waals surface area contributed by atoms with Crippen molar-refractivity contribution in [2.75, 3.05) is 11.9 Å². The summed E-state index contributed by atoms with van der Waals surface area (Å²) in [6.45, 7) is 6.67. The molecule has 0 saturated carbocycles. The largest absolute Gasteiger partial charge is 0.438 e. The summed E-state index contributed by atoms with van der Waals surface area (Å²) in [5, 5.41) is 5.74. The van der Waals surface area contributed by atoms with Gasteiger partial charge in [-0.2, -0.15) is 0 Å². The molecule has 182 valence electrons. The van der Waals surface area contributed by atoms with Crippen LogP contribution in [0.2, 0.25) is 0 Å². The number of halogens is 1. The van der Waals surface area contributed by atoms with Crippen LogP contribution < -0.4 is 10.6 Å². The zero-order valence-electron chi connectivity index (χ0n) is 19.8. The van der Waals surface area contributed by atoms with Gasteiger partial charge in [0.05, 0.1) is 6.54 Å². The maximum Gasteiger partial charge on any atom is 0.411 e. The number of nitrogens with one attached hydrogen (secondary N) is 2. The fraction of sp³-hybridized carbons (Fsp3) is 0.423. The highest BCUT2D eigenvalue weighted by molar-refractivity contribution is 5.91. The van der Waals surface area contributed by atoms with E-state index in [4.69, 9.17) is 4.74 Å². The van der Waals surface area contributed by atoms with Crippen molar-refractivity contribution in [3.8, 4) is 0 Å². The van der Waals surface area contributed by atoms with Crippen LogP contribution in [0.4, 0.5) is 14.9 Å². The third kappa shape index (κ3) is 6.56. The van der Waals surface area contributed by atoms with Gasteiger partial charge in [0.25, 0.3) is 0 Å². The molecule has 8 heteroatoms. The highest BCUT2D eigenvalue weighted by atomic mass is 19.1. The summed E-state index contributed by atoms with van der Waals surface area (Å²) in [7, 11) is 0. The van der Waals surface area contributed by atoms with Crippen molar-refractivity contribution in [3.05, 3.63) is 65.5 Å². The van der Waals surface area contributed by atoms with E-state index < -0.39 is 18.2 Å². The van der Waals surface area contributed by atoms with Crippen molar-refractivity contribution in [2.24, 2.45) is 5.92 Å². The second-order valence-electron chi connectivity index (χ2n) is 8.90. The molecule has 34 heavy (non-hydrogen) atoms. The summed E-state index contributed by atoms with van der Waals surface area (Å²) < 4.78 is 19.0. The molecule has 0 spiro atoms. The Hall–Kier alpha value is -3.42. The summed E-state index contributed by atoms with van der Waals surface area (Å²) in [4.78, 5) is 39.2. The molecule has 1 heterocycles. The predicted molar refractivity (Wildman–Crippen MR) is 127 cm³/mol. The van der Waals surface area contributed by atoms with E-state index in [0.717, 1.165) is 12.8 Å². The van der Waals surface area contributed by atoms with Gasteiger partial charge in [0.2, 0.25) is 11.8 Å². The number of hydrogen-bond donors (Lipinski definition) is 2. The Morgan fingerprint density at radius 2 is 1.76 bits per heavy atom. The van der Waals surface area contributed by atoms with Gasteiger partial charge in [-0.05, 0) is 54.2 Å². The molecule has 2 N–H and O–H groups in total. The molecule has 1 fully saturated rings. The van der Waals surface area contributed by atoms with Crippen LogP contribution in [-0.2, 0) is 20.9 Å². The van der Waals surface area contributed by atoms with E-state index >= 15 is 0 Å². The second-order valence-corrected chi connectivity index (χ2v) is 8.90. The van der Waals surface area contributed by atoms with Gasteiger partial charge in [0, 0.05) is 18.7 Å². The number of ether oxygens (including phenoxy) is 1. The lowest BCUT2D eigenvalue weighted by atomic mass is 10.00. The van der Waals surface area contributed by atoms with Crippen LogP contribution in [0.1, 0.15) is 57.3 Å². The molecule has 0 bridgehead atoms. The van der Waals surface area contributed by atoms with Gasteiger partial charge in [-0.15, -0.1) is 0 Å². The number of carbonyl (C=O) groups excluding carboxylic acids is 3. The molecule has 2 atom stereocenters. The lowest BCUT2D eigenvalue weighted by Gasteiger charge is -2.24. The van der Waals surface area contributed by atoms with Gasteiger partial charge in [-0.25, -0.2) is 9.18 Å². The predicted octanol–water partition coefficient (Wildman–Crippen LogP) is 4.79.